The summed E-state index contributed by atoms with van der Waals surface area (Å²) >= 11 is 0. The second-order valence-corrected chi connectivity index (χ2v) is 10.7. The minimum atomic E-state index is -1.07. The molecule has 0 saturated heterocycles. The largest absolute Gasteiger partial charge is 0.478 e. The number of hydrogen-bond donors (Lipinski definition) is 1. The van der Waals surface area contributed by atoms with Crippen molar-refractivity contribution in [1.29, 1.82) is 0 Å². The molecule has 0 radical (unpaired) electrons. The Balaban J connectivity index is 0.000000363. The molecule has 1 N–H and O–H groups in total. The Kier molecular flexibility index (Phi) is 18.1. The summed E-state index contributed by atoms with van der Waals surface area (Å²) in [7, 11) is 0. The predicted molar refractivity (Wildman–Crippen MR) is 176 cm³/mol. The zero-order valence-corrected chi connectivity index (χ0v) is 25.7. The van der Waals surface area contributed by atoms with E-state index in [2.05, 4.69) is 50.3 Å². The van der Waals surface area contributed by atoms with Gasteiger partial charge in [-0.25, -0.2) is 9.59 Å². The van der Waals surface area contributed by atoms with Crippen LogP contribution in [0.1, 0.15) is 128 Å². The first kappa shape index (κ1) is 34.5. The molecule has 0 aromatic heterocycles. The Morgan fingerprint density at radius 3 is 1.64 bits per heavy atom. The summed E-state index contributed by atoms with van der Waals surface area (Å²) in [4.78, 5) is 24.2. The van der Waals surface area contributed by atoms with E-state index in [9.17, 15) is 14.7 Å². The number of aromatic carboxylic acids is 1. The first-order valence-electron chi connectivity index (χ1n) is 15.9. The van der Waals surface area contributed by atoms with Gasteiger partial charge in [0.1, 0.15) is 0 Å². The lowest BCUT2D eigenvalue weighted by Gasteiger charge is -2.12. The number of hydrogen-bond acceptors (Lipinski definition) is 3. The summed E-state index contributed by atoms with van der Waals surface area (Å²) in [6, 6.07) is 25.7. The highest BCUT2D eigenvalue weighted by molar-refractivity contribution is 6.03. The Morgan fingerprint density at radius 2 is 1.12 bits per heavy atom. The van der Waals surface area contributed by atoms with Gasteiger partial charge in [0.05, 0.1) is 17.7 Å². The van der Waals surface area contributed by atoms with Gasteiger partial charge in [-0.15, -0.1) is 0 Å². The van der Waals surface area contributed by atoms with Crippen molar-refractivity contribution < 1.29 is 19.4 Å². The van der Waals surface area contributed by atoms with E-state index in [1.165, 1.54) is 62.1 Å². The molecular formula is C38H50O4. The maximum atomic E-state index is 12.6. The zero-order valence-electron chi connectivity index (χ0n) is 25.7. The SMILES string of the molecule is C(=C\c1ccccc1)/c1ccccc1.CCCCCCCCOC(=O)c1c(CCCCCCCC)cccc1C(=O)O. The number of carbonyl (C=O) groups is 2. The highest BCUT2D eigenvalue weighted by Crippen LogP contribution is 2.20. The monoisotopic (exact) mass is 570 g/mol. The van der Waals surface area contributed by atoms with E-state index in [0.717, 1.165) is 37.7 Å². The van der Waals surface area contributed by atoms with Crippen molar-refractivity contribution in [2.75, 3.05) is 6.61 Å². The van der Waals surface area contributed by atoms with Crippen LogP contribution in [0.4, 0.5) is 0 Å². The standard InChI is InChI=1S/C24H38O4.C14H12/c1-3-5-7-9-11-13-16-20-17-15-18-21(23(25)26)22(20)24(27)28-19-14-12-10-8-6-4-2;1-3-7-13(8-4-1)11-12-14-9-5-2-6-10-14/h15,17-18H,3-14,16,19H2,1-2H3,(H,25,26);1-12H/b;12-11+. The second kappa shape index (κ2) is 22.0. The van der Waals surface area contributed by atoms with E-state index in [4.69, 9.17) is 4.74 Å². The molecule has 0 spiro atoms. The lowest BCUT2D eigenvalue weighted by molar-refractivity contribution is 0.0486. The van der Waals surface area contributed by atoms with Crippen molar-refractivity contribution >= 4 is 24.1 Å². The summed E-state index contributed by atoms with van der Waals surface area (Å²) in [5, 5.41) is 9.49. The van der Waals surface area contributed by atoms with Crippen molar-refractivity contribution in [3.05, 3.63) is 107 Å². The quantitative estimate of drug-likeness (QED) is 0.0938. The molecule has 4 nitrogen and oxygen atoms in total. The number of esters is 1. The number of carbonyl (C=O) groups excluding carboxylic acids is 1. The molecule has 42 heavy (non-hydrogen) atoms. The number of aryl methyl sites for hydroxylation is 1. The van der Waals surface area contributed by atoms with Gasteiger partial charge in [-0.3, -0.25) is 0 Å². The fraction of sp³-hybridized carbons (Fsp3) is 0.421. The van der Waals surface area contributed by atoms with Gasteiger partial charge in [0.25, 0.3) is 0 Å². The van der Waals surface area contributed by atoms with Crippen LogP contribution < -0.4 is 0 Å². The van der Waals surface area contributed by atoms with Crippen LogP contribution in [0.3, 0.4) is 0 Å². The molecule has 0 aliphatic carbocycles. The van der Waals surface area contributed by atoms with Crippen LogP contribution in [0.25, 0.3) is 12.2 Å². The van der Waals surface area contributed by atoms with E-state index in [0.29, 0.717) is 13.0 Å². The van der Waals surface area contributed by atoms with Gasteiger partial charge in [-0.2, -0.15) is 0 Å². The summed E-state index contributed by atoms with van der Waals surface area (Å²) in [6.45, 7) is 4.74. The zero-order chi connectivity index (χ0) is 30.3. The molecule has 3 aromatic rings. The van der Waals surface area contributed by atoms with Gasteiger partial charge < -0.3 is 9.84 Å². The van der Waals surface area contributed by atoms with E-state index in [-0.39, 0.29) is 11.1 Å². The van der Waals surface area contributed by atoms with Crippen molar-refractivity contribution in [3.8, 4) is 0 Å². The summed E-state index contributed by atoms with van der Waals surface area (Å²) in [5.74, 6) is -1.57. The van der Waals surface area contributed by atoms with Crippen LogP contribution in [0.5, 0.6) is 0 Å². The third-order valence-electron chi connectivity index (χ3n) is 7.18. The molecule has 0 bridgehead atoms. The average molecular weight is 571 g/mol. The lowest BCUT2D eigenvalue weighted by Crippen LogP contribution is -2.15. The maximum Gasteiger partial charge on any atom is 0.339 e. The molecule has 3 rings (SSSR count). The van der Waals surface area contributed by atoms with Crippen LogP contribution in [0.15, 0.2) is 78.9 Å². The number of benzene rings is 3. The van der Waals surface area contributed by atoms with Crippen molar-refractivity contribution in [1.82, 2.24) is 0 Å². The van der Waals surface area contributed by atoms with Crippen LogP contribution in [0, 0.1) is 0 Å². The van der Waals surface area contributed by atoms with Gasteiger partial charge in [-0.05, 0) is 42.0 Å². The third kappa shape index (κ3) is 14.3. The van der Waals surface area contributed by atoms with E-state index in [1.54, 1.807) is 6.07 Å². The molecule has 0 atom stereocenters. The summed E-state index contributed by atoms with van der Waals surface area (Å²) in [5.41, 5.74) is 3.56. The fourth-order valence-corrected chi connectivity index (χ4v) is 4.76. The Hall–Kier alpha value is -3.66. The average Bonchev–Trinajstić information content (AvgIpc) is 3.02. The minimum absolute atomic E-state index is 0.0522. The number of carboxylic acid groups (broad SMARTS) is 1. The lowest BCUT2D eigenvalue weighted by atomic mass is 9.96. The molecule has 3 aromatic carbocycles. The van der Waals surface area contributed by atoms with E-state index < -0.39 is 11.9 Å². The highest BCUT2D eigenvalue weighted by Gasteiger charge is 2.21. The Labute approximate surface area is 253 Å². The predicted octanol–water partition coefficient (Wildman–Crippen LogP) is 10.7. The molecule has 0 amide bonds. The smallest absolute Gasteiger partial charge is 0.339 e. The van der Waals surface area contributed by atoms with E-state index in [1.807, 2.05) is 42.5 Å². The maximum absolute atomic E-state index is 12.6. The minimum Gasteiger partial charge on any atom is -0.478 e. The number of carboxylic acids is 1. The van der Waals surface area contributed by atoms with Crippen LogP contribution in [-0.4, -0.2) is 23.7 Å². The normalized spacial score (nSPS) is 10.7. The third-order valence-corrected chi connectivity index (χ3v) is 7.18. The molecule has 0 saturated carbocycles. The summed E-state index contributed by atoms with van der Waals surface area (Å²) < 4.78 is 5.42. The first-order chi connectivity index (χ1) is 20.6. The number of ether oxygens (including phenoxy) is 1. The van der Waals surface area contributed by atoms with Crippen molar-refractivity contribution in [2.24, 2.45) is 0 Å². The fourth-order valence-electron chi connectivity index (χ4n) is 4.76. The number of unbranched alkanes of at least 4 members (excludes halogenated alkanes) is 10. The molecule has 0 fully saturated rings. The van der Waals surface area contributed by atoms with Gasteiger partial charge in [0, 0.05) is 0 Å². The van der Waals surface area contributed by atoms with Crippen molar-refractivity contribution in [3.63, 3.8) is 0 Å². The molecule has 226 valence electrons. The van der Waals surface area contributed by atoms with Gasteiger partial charge in [-0.1, -0.05) is 163 Å². The molecular weight excluding hydrogens is 520 g/mol. The van der Waals surface area contributed by atoms with Gasteiger partial charge in [0.2, 0.25) is 0 Å². The highest BCUT2D eigenvalue weighted by atomic mass is 16.5. The van der Waals surface area contributed by atoms with Crippen LogP contribution in [-0.2, 0) is 11.2 Å². The van der Waals surface area contributed by atoms with Crippen LogP contribution in [0.2, 0.25) is 0 Å². The number of rotatable bonds is 18. The molecule has 0 unspecified atom stereocenters. The molecule has 0 aliphatic heterocycles. The second-order valence-electron chi connectivity index (χ2n) is 10.7. The van der Waals surface area contributed by atoms with Crippen molar-refractivity contribution in [2.45, 2.75) is 97.3 Å². The first-order valence-corrected chi connectivity index (χ1v) is 15.9. The molecule has 0 aliphatic rings. The molecule has 0 heterocycles. The van der Waals surface area contributed by atoms with Gasteiger partial charge >= 0.3 is 11.9 Å². The Morgan fingerprint density at radius 1 is 0.619 bits per heavy atom. The molecule has 4 heteroatoms. The van der Waals surface area contributed by atoms with Crippen LogP contribution >= 0.6 is 0 Å². The van der Waals surface area contributed by atoms with Gasteiger partial charge in [0.15, 0.2) is 0 Å². The Bertz CT molecular complexity index is 1130. The summed E-state index contributed by atoms with van der Waals surface area (Å²) in [6.07, 6.45) is 18.6. The van der Waals surface area contributed by atoms with E-state index >= 15 is 0 Å². The topological polar surface area (TPSA) is 63.6 Å².